The van der Waals surface area contributed by atoms with Gasteiger partial charge < -0.3 is 9.30 Å². The first-order chi connectivity index (χ1) is 8.61. The molecule has 1 atom stereocenters. The molecule has 1 saturated carbocycles. The molecule has 3 rings (SSSR count). The van der Waals surface area contributed by atoms with Crippen molar-refractivity contribution in [3.63, 3.8) is 0 Å². The molecule has 0 amide bonds. The average Bonchev–Trinajstić information content (AvgIpc) is 3.14. The number of ether oxygens (including phenoxy) is 1. The van der Waals surface area contributed by atoms with E-state index < -0.39 is 10.0 Å². The van der Waals surface area contributed by atoms with Gasteiger partial charge in [-0.3, -0.25) is 0 Å². The molecule has 5 nitrogen and oxygen atoms in total. The first-order valence-corrected chi connectivity index (χ1v) is 7.77. The molecule has 0 radical (unpaired) electrons. The Balaban J connectivity index is 1.91. The summed E-state index contributed by atoms with van der Waals surface area (Å²) in [7, 11) is -1.50. The van der Waals surface area contributed by atoms with E-state index in [1.807, 2.05) is 18.3 Å². The lowest BCUT2D eigenvalue weighted by Crippen LogP contribution is -2.38. The van der Waals surface area contributed by atoms with E-state index >= 15 is 0 Å². The number of nitrogens with zero attached hydrogens (tertiary/aromatic N) is 2. The summed E-state index contributed by atoms with van der Waals surface area (Å²) in [4.78, 5) is 0. The fourth-order valence-electron chi connectivity index (χ4n) is 2.44. The highest BCUT2D eigenvalue weighted by Gasteiger charge is 2.41. The van der Waals surface area contributed by atoms with Crippen molar-refractivity contribution in [1.82, 2.24) is 8.87 Å². The van der Waals surface area contributed by atoms with E-state index in [2.05, 4.69) is 4.57 Å². The minimum atomic E-state index is -3.14. The highest BCUT2D eigenvalue weighted by atomic mass is 32.2. The SMILES string of the molecule is CO[C@H]1CN(S(=O)(=O)C2CC2)Cc2cccn2C1. The van der Waals surface area contributed by atoms with Crippen LogP contribution in [0.5, 0.6) is 0 Å². The third-order valence-corrected chi connectivity index (χ3v) is 6.02. The summed E-state index contributed by atoms with van der Waals surface area (Å²) in [5.41, 5.74) is 1.04. The van der Waals surface area contributed by atoms with Crippen LogP contribution >= 0.6 is 0 Å². The van der Waals surface area contributed by atoms with E-state index in [0.717, 1.165) is 25.1 Å². The zero-order chi connectivity index (χ0) is 12.8. The summed E-state index contributed by atoms with van der Waals surface area (Å²) < 4.78 is 33.8. The lowest BCUT2D eigenvalue weighted by Gasteiger charge is -2.22. The first kappa shape index (κ1) is 12.2. The fraction of sp³-hybridized carbons (Fsp3) is 0.667. The lowest BCUT2D eigenvalue weighted by molar-refractivity contribution is 0.0770. The van der Waals surface area contributed by atoms with Crippen molar-refractivity contribution in [3.05, 3.63) is 24.0 Å². The standard InChI is InChI=1S/C12H18N2O3S/c1-17-11-8-13-6-2-3-10(13)7-14(9-11)18(15,16)12-4-5-12/h2-3,6,11-12H,4-5,7-9H2,1H3/t11-/m1/s1. The maximum Gasteiger partial charge on any atom is 0.217 e. The second-order valence-electron chi connectivity index (χ2n) is 5.05. The number of hydrogen-bond acceptors (Lipinski definition) is 3. The Labute approximate surface area is 107 Å². The Morgan fingerprint density at radius 3 is 2.78 bits per heavy atom. The molecule has 2 aliphatic rings. The van der Waals surface area contributed by atoms with Gasteiger partial charge in [0.25, 0.3) is 0 Å². The summed E-state index contributed by atoms with van der Waals surface area (Å²) >= 11 is 0. The van der Waals surface area contributed by atoms with E-state index in [-0.39, 0.29) is 11.4 Å². The Kier molecular flexibility index (Phi) is 2.96. The molecule has 1 aromatic rings. The Bertz CT molecular complexity index is 533. The van der Waals surface area contributed by atoms with Crippen LogP contribution in [0.15, 0.2) is 18.3 Å². The Morgan fingerprint density at radius 1 is 1.33 bits per heavy atom. The molecule has 0 spiro atoms. The molecule has 0 unspecified atom stereocenters. The molecule has 0 saturated heterocycles. The largest absolute Gasteiger partial charge is 0.378 e. The monoisotopic (exact) mass is 270 g/mol. The average molecular weight is 270 g/mol. The van der Waals surface area contributed by atoms with Gasteiger partial charge in [0.2, 0.25) is 10.0 Å². The van der Waals surface area contributed by atoms with Crippen LogP contribution in [0.4, 0.5) is 0 Å². The van der Waals surface area contributed by atoms with Gasteiger partial charge in [0, 0.05) is 32.1 Å². The summed E-state index contributed by atoms with van der Waals surface area (Å²) in [5, 5.41) is -0.156. The molecular formula is C12H18N2O3S. The molecule has 18 heavy (non-hydrogen) atoms. The van der Waals surface area contributed by atoms with E-state index in [1.54, 1.807) is 11.4 Å². The maximum atomic E-state index is 12.4. The van der Waals surface area contributed by atoms with E-state index in [9.17, 15) is 8.42 Å². The molecule has 1 aliphatic heterocycles. The minimum Gasteiger partial charge on any atom is -0.378 e. The maximum absolute atomic E-state index is 12.4. The molecule has 0 aromatic carbocycles. The van der Waals surface area contributed by atoms with Gasteiger partial charge >= 0.3 is 0 Å². The summed E-state index contributed by atoms with van der Waals surface area (Å²) in [6, 6.07) is 3.93. The van der Waals surface area contributed by atoms with Crippen LogP contribution in [0.1, 0.15) is 18.5 Å². The number of fused-ring (bicyclic) bond motifs is 1. The Morgan fingerprint density at radius 2 is 2.11 bits per heavy atom. The predicted molar refractivity (Wildman–Crippen MR) is 67.6 cm³/mol. The minimum absolute atomic E-state index is 0.0767. The van der Waals surface area contributed by atoms with Gasteiger partial charge in [-0.15, -0.1) is 0 Å². The van der Waals surface area contributed by atoms with Gasteiger partial charge in [-0.25, -0.2) is 8.42 Å². The molecule has 1 fully saturated rings. The van der Waals surface area contributed by atoms with Gasteiger partial charge in [-0.2, -0.15) is 4.31 Å². The van der Waals surface area contributed by atoms with Crippen LogP contribution in [-0.2, 0) is 27.8 Å². The molecule has 1 aliphatic carbocycles. The van der Waals surface area contributed by atoms with Gasteiger partial charge in [0.05, 0.1) is 17.9 Å². The fourth-order valence-corrected chi connectivity index (χ4v) is 4.28. The van der Waals surface area contributed by atoms with Crippen molar-refractivity contribution in [3.8, 4) is 0 Å². The predicted octanol–water partition coefficient (Wildman–Crippen LogP) is 0.811. The second kappa shape index (κ2) is 4.36. The zero-order valence-electron chi connectivity index (χ0n) is 10.4. The van der Waals surface area contributed by atoms with Crippen LogP contribution in [0.2, 0.25) is 0 Å². The quantitative estimate of drug-likeness (QED) is 0.817. The third kappa shape index (κ3) is 2.08. The second-order valence-corrected chi connectivity index (χ2v) is 7.26. The van der Waals surface area contributed by atoms with Crippen LogP contribution in [0, 0.1) is 0 Å². The highest BCUT2D eigenvalue weighted by Crippen LogP contribution is 2.32. The Hall–Kier alpha value is -0.850. The lowest BCUT2D eigenvalue weighted by atomic mass is 10.3. The molecule has 1 aromatic heterocycles. The third-order valence-electron chi connectivity index (χ3n) is 3.71. The van der Waals surface area contributed by atoms with Crippen molar-refractivity contribution >= 4 is 10.0 Å². The molecule has 0 bridgehead atoms. The smallest absolute Gasteiger partial charge is 0.217 e. The summed E-state index contributed by atoms with van der Waals surface area (Å²) in [6.07, 6.45) is 3.51. The zero-order valence-corrected chi connectivity index (χ0v) is 11.3. The van der Waals surface area contributed by atoms with Crippen molar-refractivity contribution in [2.45, 2.75) is 37.3 Å². The normalized spacial score (nSPS) is 25.7. The molecule has 100 valence electrons. The van der Waals surface area contributed by atoms with E-state index in [4.69, 9.17) is 4.74 Å². The number of methoxy groups -OCH3 is 1. The molecule has 0 N–H and O–H groups in total. The number of sulfonamides is 1. The van der Waals surface area contributed by atoms with Gasteiger partial charge in [-0.05, 0) is 25.0 Å². The van der Waals surface area contributed by atoms with Crippen molar-refractivity contribution in [2.75, 3.05) is 13.7 Å². The van der Waals surface area contributed by atoms with Crippen molar-refractivity contribution in [2.24, 2.45) is 0 Å². The summed E-state index contributed by atoms with van der Waals surface area (Å²) in [6.45, 7) is 1.64. The van der Waals surface area contributed by atoms with Gasteiger partial charge in [0.1, 0.15) is 0 Å². The molecule has 2 heterocycles. The van der Waals surface area contributed by atoms with Crippen molar-refractivity contribution in [1.29, 1.82) is 0 Å². The van der Waals surface area contributed by atoms with E-state index in [1.165, 1.54) is 0 Å². The number of rotatable bonds is 3. The van der Waals surface area contributed by atoms with Crippen LogP contribution in [0.25, 0.3) is 0 Å². The van der Waals surface area contributed by atoms with E-state index in [0.29, 0.717) is 13.1 Å². The van der Waals surface area contributed by atoms with Crippen LogP contribution in [-0.4, -0.2) is 42.3 Å². The van der Waals surface area contributed by atoms with Gasteiger partial charge in [0.15, 0.2) is 0 Å². The number of aromatic nitrogens is 1. The van der Waals surface area contributed by atoms with Crippen LogP contribution < -0.4 is 0 Å². The molecule has 6 heteroatoms. The number of hydrogen-bond donors (Lipinski definition) is 0. The molecular weight excluding hydrogens is 252 g/mol. The first-order valence-electron chi connectivity index (χ1n) is 6.27. The van der Waals surface area contributed by atoms with Gasteiger partial charge in [-0.1, -0.05) is 0 Å². The van der Waals surface area contributed by atoms with Crippen LogP contribution in [0.3, 0.4) is 0 Å². The summed E-state index contributed by atoms with van der Waals surface area (Å²) in [5.74, 6) is 0. The highest BCUT2D eigenvalue weighted by molar-refractivity contribution is 7.90. The van der Waals surface area contributed by atoms with Crippen molar-refractivity contribution < 1.29 is 13.2 Å². The topological polar surface area (TPSA) is 51.5 Å².